The second-order valence-corrected chi connectivity index (χ2v) is 7.62. The van der Waals surface area contributed by atoms with E-state index in [0.717, 1.165) is 11.0 Å². The van der Waals surface area contributed by atoms with Gasteiger partial charge in [0, 0.05) is 11.8 Å². The fourth-order valence-corrected chi connectivity index (χ4v) is 3.84. The van der Waals surface area contributed by atoms with Crippen molar-refractivity contribution in [2.75, 3.05) is 6.61 Å². The van der Waals surface area contributed by atoms with Gasteiger partial charge in [-0.25, -0.2) is 5.01 Å². The summed E-state index contributed by atoms with van der Waals surface area (Å²) in [5.74, 6) is 1.17. The number of fused-ring (bicyclic) bond motifs is 1. The monoisotopic (exact) mass is 445 g/mol. The molecule has 158 valence electrons. The SMILES string of the molecule is N#Cc1ccc(OCC(=O)N2N=C(c3cc4ccccc4o3)C[C@H]2c2ccco2)c(Cl)c1. The number of benzene rings is 2. The van der Waals surface area contributed by atoms with Crippen molar-refractivity contribution in [1.29, 1.82) is 5.26 Å². The highest BCUT2D eigenvalue weighted by Gasteiger charge is 2.36. The standard InChI is InChI=1S/C24H16ClN3O4/c25-17-10-15(13-26)7-8-21(17)31-14-24(29)28-19(22-6-3-9-30-22)12-18(27-28)23-11-16-4-1-2-5-20(16)32-23/h1-11,19H,12,14H2/t19-/m0/s1. The van der Waals surface area contributed by atoms with Gasteiger partial charge in [0.2, 0.25) is 0 Å². The molecule has 0 saturated carbocycles. The minimum Gasteiger partial charge on any atom is -0.482 e. The third-order valence-electron chi connectivity index (χ3n) is 5.16. The van der Waals surface area contributed by atoms with Crippen molar-refractivity contribution < 1.29 is 18.4 Å². The lowest BCUT2D eigenvalue weighted by molar-refractivity contribution is -0.135. The van der Waals surface area contributed by atoms with Crippen molar-refractivity contribution in [3.63, 3.8) is 0 Å². The molecule has 1 amide bonds. The zero-order chi connectivity index (χ0) is 22.1. The molecule has 0 saturated heterocycles. The fourth-order valence-electron chi connectivity index (χ4n) is 3.61. The number of hydrazone groups is 1. The Balaban J connectivity index is 1.40. The van der Waals surface area contributed by atoms with E-state index < -0.39 is 6.04 Å². The lowest BCUT2D eigenvalue weighted by atomic mass is 10.1. The van der Waals surface area contributed by atoms with E-state index in [4.69, 9.17) is 30.4 Å². The zero-order valence-corrected chi connectivity index (χ0v) is 17.5. The van der Waals surface area contributed by atoms with Crippen LogP contribution in [0.25, 0.3) is 11.0 Å². The van der Waals surface area contributed by atoms with Crippen LogP contribution in [0, 0.1) is 11.3 Å². The third-order valence-corrected chi connectivity index (χ3v) is 5.45. The van der Waals surface area contributed by atoms with Gasteiger partial charge in [0.1, 0.15) is 28.8 Å². The predicted molar refractivity (Wildman–Crippen MR) is 117 cm³/mol. The molecule has 0 aliphatic carbocycles. The predicted octanol–water partition coefficient (Wildman–Crippen LogP) is 5.31. The van der Waals surface area contributed by atoms with Gasteiger partial charge < -0.3 is 13.6 Å². The van der Waals surface area contributed by atoms with E-state index in [1.54, 1.807) is 30.5 Å². The first kappa shape index (κ1) is 19.9. The summed E-state index contributed by atoms with van der Waals surface area (Å²) in [5, 5.41) is 16.1. The molecular formula is C24H16ClN3O4. The fraction of sp³-hybridized carbons (Fsp3) is 0.125. The van der Waals surface area contributed by atoms with Crippen molar-refractivity contribution in [2.45, 2.75) is 12.5 Å². The minimum atomic E-state index is -0.416. The van der Waals surface area contributed by atoms with E-state index in [-0.39, 0.29) is 17.5 Å². The van der Waals surface area contributed by atoms with Gasteiger partial charge in [-0.05, 0) is 42.5 Å². The summed E-state index contributed by atoms with van der Waals surface area (Å²) >= 11 is 6.15. The van der Waals surface area contributed by atoms with Crippen LogP contribution in [0.15, 0.2) is 80.9 Å². The van der Waals surface area contributed by atoms with Crippen molar-refractivity contribution in [1.82, 2.24) is 5.01 Å². The zero-order valence-electron chi connectivity index (χ0n) is 16.7. The molecule has 0 fully saturated rings. The molecule has 2 aromatic heterocycles. The number of nitrogens with zero attached hydrogens (tertiary/aromatic N) is 3. The molecule has 0 spiro atoms. The normalized spacial score (nSPS) is 15.6. The molecule has 0 N–H and O–H groups in total. The highest BCUT2D eigenvalue weighted by molar-refractivity contribution is 6.32. The summed E-state index contributed by atoms with van der Waals surface area (Å²) < 4.78 is 17.1. The topological polar surface area (TPSA) is 92.0 Å². The molecule has 1 aliphatic rings. The summed E-state index contributed by atoms with van der Waals surface area (Å²) in [7, 11) is 0. The number of carbonyl (C=O) groups excluding carboxylic acids is 1. The maximum absolute atomic E-state index is 13.0. The van der Waals surface area contributed by atoms with Crippen molar-refractivity contribution in [2.24, 2.45) is 5.10 Å². The van der Waals surface area contributed by atoms with Crippen LogP contribution in [-0.2, 0) is 4.79 Å². The molecule has 5 rings (SSSR count). The Hall–Kier alpha value is -4.02. The number of furan rings is 2. The largest absolute Gasteiger partial charge is 0.482 e. The summed E-state index contributed by atoms with van der Waals surface area (Å²) in [6, 6.07) is 19.4. The average Bonchev–Trinajstić information content (AvgIpc) is 3.56. The van der Waals surface area contributed by atoms with Crippen LogP contribution in [0.2, 0.25) is 5.02 Å². The van der Waals surface area contributed by atoms with Crippen LogP contribution in [0.3, 0.4) is 0 Å². The van der Waals surface area contributed by atoms with Crippen LogP contribution in [0.4, 0.5) is 0 Å². The smallest absolute Gasteiger partial charge is 0.281 e. The molecule has 3 heterocycles. The highest BCUT2D eigenvalue weighted by Crippen LogP contribution is 2.34. The Labute approximate surface area is 188 Å². The van der Waals surface area contributed by atoms with Crippen LogP contribution >= 0.6 is 11.6 Å². The Morgan fingerprint density at radius 3 is 2.84 bits per heavy atom. The first-order valence-electron chi connectivity index (χ1n) is 9.87. The average molecular weight is 446 g/mol. The Morgan fingerprint density at radius 1 is 1.22 bits per heavy atom. The van der Waals surface area contributed by atoms with E-state index >= 15 is 0 Å². The van der Waals surface area contributed by atoms with Gasteiger partial charge in [0.05, 0.1) is 22.9 Å². The number of rotatable bonds is 5. The molecule has 0 unspecified atom stereocenters. The van der Waals surface area contributed by atoms with Crippen LogP contribution < -0.4 is 4.74 Å². The van der Waals surface area contributed by atoms with Crippen LogP contribution in [0.1, 0.15) is 29.5 Å². The van der Waals surface area contributed by atoms with Gasteiger partial charge in [-0.15, -0.1) is 0 Å². The summed E-state index contributed by atoms with van der Waals surface area (Å²) in [6.45, 7) is -0.278. The van der Waals surface area contributed by atoms with Crippen molar-refractivity contribution >= 4 is 34.2 Å². The van der Waals surface area contributed by atoms with Crippen molar-refractivity contribution in [3.8, 4) is 11.8 Å². The van der Waals surface area contributed by atoms with E-state index in [2.05, 4.69) is 5.10 Å². The number of para-hydroxylation sites is 1. The Bertz CT molecular complexity index is 1330. The Kier molecular flexibility index (Phi) is 5.13. The lowest BCUT2D eigenvalue weighted by Gasteiger charge is -2.20. The highest BCUT2D eigenvalue weighted by atomic mass is 35.5. The second kappa shape index (κ2) is 8.25. The molecule has 32 heavy (non-hydrogen) atoms. The van der Waals surface area contributed by atoms with Gasteiger partial charge in [-0.3, -0.25) is 4.79 Å². The number of nitriles is 1. The molecule has 0 radical (unpaired) electrons. The number of hydrogen-bond donors (Lipinski definition) is 0. The van der Waals surface area contributed by atoms with Gasteiger partial charge in [0.15, 0.2) is 12.4 Å². The summed E-state index contributed by atoms with van der Waals surface area (Å²) in [6.07, 6.45) is 2.00. The summed E-state index contributed by atoms with van der Waals surface area (Å²) in [5.41, 5.74) is 1.81. The maximum Gasteiger partial charge on any atom is 0.281 e. The van der Waals surface area contributed by atoms with Crippen molar-refractivity contribution in [3.05, 3.63) is 89.0 Å². The van der Waals surface area contributed by atoms with Gasteiger partial charge in [-0.1, -0.05) is 29.8 Å². The van der Waals surface area contributed by atoms with Gasteiger partial charge in [0.25, 0.3) is 5.91 Å². The second-order valence-electron chi connectivity index (χ2n) is 7.21. The number of hydrogen-bond acceptors (Lipinski definition) is 6. The lowest BCUT2D eigenvalue weighted by Crippen LogP contribution is -2.31. The van der Waals surface area contributed by atoms with E-state index in [9.17, 15) is 4.79 Å². The summed E-state index contributed by atoms with van der Waals surface area (Å²) in [4.78, 5) is 13.0. The van der Waals surface area contributed by atoms with E-state index in [1.165, 1.54) is 11.1 Å². The maximum atomic E-state index is 13.0. The molecule has 1 atom stereocenters. The molecule has 7 nitrogen and oxygen atoms in total. The quantitative estimate of drug-likeness (QED) is 0.415. The van der Waals surface area contributed by atoms with Gasteiger partial charge >= 0.3 is 0 Å². The van der Waals surface area contributed by atoms with E-state index in [0.29, 0.717) is 35.0 Å². The molecule has 8 heteroatoms. The first-order chi connectivity index (χ1) is 15.6. The van der Waals surface area contributed by atoms with Crippen LogP contribution in [-0.4, -0.2) is 23.2 Å². The Morgan fingerprint density at radius 2 is 2.09 bits per heavy atom. The molecular weight excluding hydrogens is 430 g/mol. The molecule has 0 bridgehead atoms. The molecule has 2 aromatic carbocycles. The molecule has 1 aliphatic heterocycles. The number of halogens is 1. The van der Waals surface area contributed by atoms with Crippen LogP contribution in [0.5, 0.6) is 5.75 Å². The first-order valence-corrected chi connectivity index (χ1v) is 10.2. The number of carbonyl (C=O) groups is 1. The minimum absolute atomic E-state index is 0.257. The van der Waals surface area contributed by atoms with E-state index in [1.807, 2.05) is 36.4 Å². The molecule has 4 aromatic rings. The third kappa shape index (κ3) is 3.72. The number of ether oxygens (including phenoxy) is 1. The van der Waals surface area contributed by atoms with Gasteiger partial charge in [-0.2, -0.15) is 10.4 Å². The number of amides is 1.